The average Bonchev–Trinajstić information content (AvgIpc) is 2.75. The number of halogens is 1. The number of rotatable bonds is 7. The first-order valence-electron chi connectivity index (χ1n) is 9.53. The molecule has 1 N–H and O–H groups in total. The first kappa shape index (κ1) is 22.2. The number of thioether (sulfide) groups is 1. The topological polar surface area (TPSA) is 87.9 Å². The molecule has 0 aliphatic heterocycles. The average molecular weight is 437 g/mol. The van der Waals surface area contributed by atoms with E-state index in [0.717, 1.165) is 16.8 Å². The van der Waals surface area contributed by atoms with Gasteiger partial charge in [0.15, 0.2) is 0 Å². The summed E-state index contributed by atoms with van der Waals surface area (Å²) in [6.45, 7) is 5.89. The van der Waals surface area contributed by atoms with Gasteiger partial charge in [0.2, 0.25) is 11.8 Å². The third-order valence-corrected chi connectivity index (χ3v) is 5.73. The Kier molecular flexibility index (Phi) is 7.21. The van der Waals surface area contributed by atoms with E-state index in [1.807, 2.05) is 20.8 Å². The van der Waals surface area contributed by atoms with E-state index in [-0.39, 0.29) is 18.2 Å². The quantitative estimate of drug-likeness (QED) is 0.544. The molecule has 0 fully saturated rings. The van der Waals surface area contributed by atoms with E-state index in [1.165, 1.54) is 23.9 Å². The van der Waals surface area contributed by atoms with E-state index in [9.17, 15) is 14.4 Å². The summed E-state index contributed by atoms with van der Waals surface area (Å²) >= 11 is 1.23. The molecule has 0 bridgehead atoms. The van der Waals surface area contributed by atoms with Crippen molar-refractivity contribution in [3.63, 3.8) is 0 Å². The van der Waals surface area contributed by atoms with Crippen LogP contribution in [0.3, 0.4) is 0 Å². The van der Waals surface area contributed by atoms with Crippen LogP contribution in [-0.2, 0) is 11.3 Å². The van der Waals surface area contributed by atoms with Gasteiger partial charge in [-0.1, -0.05) is 23.9 Å². The molecule has 0 saturated carbocycles. The maximum absolute atomic E-state index is 13.4. The van der Waals surface area contributed by atoms with Crippen LogP contribution in [0.2, 0.25) is 0 Å². The van der Waals surface area contributed by atoms with Crippen molar-refractivity contribution in [1.29, 1.82) is 5.26 Å². The Bertz CT molecular complexity index is 1160. The fourth-order valence-corrected chi connectivity index (χ4v) is 3.73. The normalized spacial score (nSPS) is 10.4. The van der Waals surface area contributed by atoms with Gasteiger partial charge in [0.05, 0.1) is 11.3 Å². The maximum atomic E-state index is 13.4. The summed E-state index contributed by atoms with van der Waals surface area (Å²) in [5, 5.41) is 12.8. The Morgan fingerprint density at radius 3 is 2.77 bits per heavy atom. The molecular weight excluding hydrogens is 415 g/mol. The van der Waals surface area contributed by atoms with E-state index in [1.54, 1.807) is 30.5 Å². The molecular formula is C23H21FN4O2S. The van der Waals surface area contributed by atoms with Crippen LogP contribution in [0.15, 0.2) is 47.6 Å². The molecule has 1 amide bonds. The van der Waals surface area contributed by atoms with Crippen LogP contribution in [0, 0.1) is 37.9 Å². The number of nitrogens with one attached hydrogen (secondary N) is 1. The van der Waals surface area contributed by atoms with Crippen LogP contribution >= 0.6 is 11.8 Å². The number of carbonyl (C=O) groups excluding carboxylic acids is 1. The second-order valence-corrected chi connectivity index (χ2v) is 7.80. The molecule has 2 heterocycles. The molecule has 2 aromatic heterocycles. The minimum absolute atomic E-state index is 0.115. The molecule has 158 valence electrons. The Labute approximate surface area is 184 Å². The highest BCUT2D eigenvalue weighted by Gasteiger charge is 2.15. The smallest absolute Gasteiger partial charge is 0.230 e. The van der Waals surface area contributed by atoms with Gasteiger partial charge in [0, 0.05) is 30.1 Å². The number of aromatic nitrogens is 2. The highest BCUT2D eigenvalue weighted by atomic mass is 32.2. The van der Waals surface area contributed by atoms with Crippen molar-refractivity contribution in [3.8, 4) is 17.7 Å². The monoisotopic (exact) mass is 436 g/mol. The van der Waals surface area contributed by atoms with Gasteiger partial charge in [-0.2, -0.15) is 5.26 Å². The number of nitriles is 1. The summed E-state index contributed by atoms with van der Waals surface area (Å²) in [6.07, 6.45) is 1.56. The van der Waals surface area contributed by atoms with Crippen LogP contribution < -0.4 is 10.1 Å². The summed E-state index contributed by atoms with van der Waals surface area (Å²) in [5.74, 6) is 0.102. The van der Waals surface area contributed by atoms with Gasteiger partial charge in [-0.25, -0.2) is 14.4 Å². The van der Waals surface area contributed by atoms with Gasteiger partial charge in [0.1, 0.15) is 22.7 Å². The van der Waals surface area contributed by atoms with Gasteiger partial charge in [0.25, 0.3) is 0 Å². The summed E-state index contributed by atoms with van der Waals surface area (Å²) in [6, 6.07) is 11.5. The molecule has 1 aromatic carbocycles. The van der Waals surface area contributed by atoms with Gasteiger partial charge in [-0.05, 0) is 50.1 Å². The van der Waals surface area contributed by atoms with Crippen molar-refractivity contribution in [2.45, 2.75) is 32.3 Å². The molecule has 0 aliphatic rings. The molecule has 31 heavy (non-hydrogen) atoms. The van der Waals surface area contributed by atoms with E-state index in [4.69, 9.17) is 4.74 Å². The van der Waals surface area contributed by atoms with Crippen LogP contribution in [0.1, 0.15) is 27.9 Å². The van der Waals surface area contributed by atoms with Crippen molar-refractivity contribution in [3.05, 3.63) is 76.4 Å². The number of nitrogens with zero attached hydrogens (tertiary/aromatic N) is 3. The minimum atomic E-state index is -0.410. The molecule has 3 rings (SSSR count). The number of hydrogen-bond acceptors (Lipinski definition) is 6. The second kappa shape index (κ2) is 10.0. The summed E-state index contributed by atoms with van der Waals surface area (Å²) in [5.41, 5.74) is 3.86. The van der Waals surface area contributed by atoms with Gasteiger partial charge in [-0.15, -0.1) is 0 Å². The predicted molar refractivity (Wildman–Crippen MR) is 116 cm³/mol. The fourth-order valence-electron chi connectivity index (χ4n) is 2.82. The zero-order chi connectivity index (χ0) is 22.4. The van der Waals surface area contributed by atoms with Gasteiger partial charge < -0.3 is 10.1 Å². The number of ether oxygens (including phenoxy) is 1. The highest BCUT2D eigenvalue weighted by Crippen LogP contribution is 2.26. The lowest BCUT2D eigenvalue weighted by molar-refractivity contribution is -0.118. The highest BCUT2D eigenvalue weighted by molar-refractivity contribution is 8.00. The number of carbonyl (C=O) groups is 1. The van der Waals surface area contributed by atoms with E-state index in [0.29, 0.717) is 27.8 Å². The summed E-state index contributed by atoms with van der Waals surface area (Å²) in [4.78, 5) is 21.0. The van der Waals surface area contributed by atoms with Crippen molar-refractivity contribution in [2.24, 2.45) is 0 Å². The summed E-state index contributed by atoms with van der Waals surface area (Å²) < 4.78 is 19.1. The first-order chi connectivity index (χ1) is 14.9. The van der Waals surface area contributed by atoms with Gasteiger partial charge >= 0.3 is 0 Å². The Morgan fingerprint density at radius 2 is 2.03 bits per heavy atom. The SMILES string of the molecule is Cc1nc(SCC(=O)NCc2cccnc2Oc2cccc(F)c2)c(C#N)c(C)c1C. The number of aryl methyl sites for hydroxylation is 1. The van der Waals surface area contributed by atoms with Crippen LogP contribution in [0.25, 0.3) is 0 Å². The van der Waals surface area contributed by atoms with Crippen molar-refractivity contribution in [2.75, 3.05) is 5.75 Å². The first-order valence-corrected chi connectivity index (χ1v) is 10.5. The Hall–Kier alpha value is -3.44. The zero-order valence-corrected chi connectivity index (χ0v) is 18.2. The fraction of sp³-hybridized carbons (Fsp3) is 0.217. The lowest BCUT2D eigenvalue weighted by atomic mass is 10.1. The molecule has 0 aliphatic carbocycles. The van der Waals surface area contributed by atoms with Crippen LogP contribution in [-0.4, -0.2) is 21.6 Å². The maximum Gasteiger partial charge on any atom is 0.230 e. The van der Waals surface area contributed by atoms with Crippen molar-refractivity contribution >= 4 is 17.7 Å². The lowest BCUT2D eigenvalue weighted by Gasteiger charge is -2.12. The molecule has 6 nitrogen and oxygen atoms in total. The van der Waals surface area contributed by atoms with Crippen LogP contribution in [0.5, 0.6) is 11.6 Å². The third-order valence-electron chi connectivity index (χ3n) is 4.75. The molecule has 8 heteroatoms. The third kappa shape index (κ3) is 5.58. The molecule has 0 unspecified atom stereocenters. The predicted octanol–water partition coefficient (Wildman–Crippen LogP) is 4.61. The number of amides is 1. The summed E-state index contributed by atoms with van der Waals surface area (Å²) in [7, 11) is 0. The Morgan fingerprint density at radius 1 is 1.23 bits per heavy atom. The lowest BCUT2D eigenvalue weighted by Crippen LogP contribution is -2.25. The molecule has 0 spiro atoms. The van der Waals surface area contributed by atoms with E-state index in [2.05, 4.69) is 21.4 Å². The largest absolute Gasteiger partial charge is 0.439 e. The molecule has 3 aromatic rings. The molecule has 0 radical (unpaired) electrons. The van der Waals surface area contributed by atoms with Crippen LogP contribution in [0.4, 0.5) is 4.39 Å². The standard InChI is InChI=1S/C23H21FN4O2S/c1-14-15(2)20(11-25)23(28-16(14)3)31-13-21(29)27-12-17-6-5-9-26-22(17)30-19-8-4-7-18(24)10-19/h4-10H,12-13H2,1-3H3,(H,27,29). The van der Waals surface area contributed by atoms with Gasteiger partial charge in [-0.3, -0.25) is 4.79 Å². The number of pyridine rings is 2. The number of benzene rings is 1. The van der Waals surface area contributed by atoms with E-state index < -0.39 is 5.82 Å². The second-order valence-electron chi connectivity index (χ2n) is 6.83. The Balaban J connectivity index is 1.63. The molecule has 0 saturated heterocycles. The number of hydrogen-bond donors (Lipinski definition) is 1. The van der Waals surface area contributed by atoms with Crippen molar-refractivity contribution in [1.82, 2.24) is 15.3 Å². The minimum Gasteiger partial charge on any atom is -0.439 e. The zero-order valence-electron chi connectivity index (χ0n) is 17.4. The van der Waals surface area contributed by atoms with Crippen molar-refractivity contribution < 1.29 is 13.9 Å². The molecule has 0 atom stereocenters. The van der Waals surface area contributed by atoms with E-state index >= 15 is 0 Å².